The Hall–Kier alpha value is -0.910. The van der Waals surface area contributed by atoms with Gasteiger partial charge in [0.05, 0.1) is 18.8 Å². The van der Waals surface area contributed by atoms with Gasteiger partial charge in [0, 0.05) is 6.42 Å². The second kappa shape index (κ2) is 51.7. The highest BCUT2D eigenvalue weighted by Gasteiger charge is 2.26. The number of aliphatic hydroxyl groups is 3. The minimum Gasteiger partial charge on any atom is -0.394 e. The van der Waals surface area contributed by atoms with Crippen LogP contribution in [0, 0.1) is 0 Å². The molecule has 5 heteroatoms. The number of allylic oxidation sites excluding steroid dienone is 2. The molecule has 0 aliphatic rings. The number of carbonyl (C=O) groups excluding carboxylic acids is 1. The molecule has 0 saturated carbocycles. The van der Waals surface area contributed by atoms with Gasteiger partial charge in [-0.25, -0.2) is 0 Å². The van der Waals surface area contributed by atoms with Crippen LogP contribution in [0.1, 0.15) is 316 Å². The van der Waals surface area contributed by atoms with Gasteiger partial charge in [0.25, 0.3) is 0 Å². The lowest BCUT2D eigenvalue weighted by Gasteiger charge is -2.26. The topological polar surface area (TPSA) is 89.8 Å². The van der Waals surface area contributed by atoms with Crippen molar-refractivity contribution in [3.05, 3.63) is 12.2 Å². The van der Waals surface area contributed by atoms with Crippen LogP contribution in [-0.2, 0) is 4.79 Å². The molecule has 0 aliphatic heterocycles. The van der Waals surface area contributed by atoms with Crippen molar-refractivity contribution in [1.29, 1.82) is 0 Å². The van der Waals surface area contributed by atoms with Crippen LogP contribution in [0.3, 0.4) is 0 Å². The fourth-order valence-corrected chi connectivity index (χ4v) is 9.05. The molecule has 0 rings (SSSR count). The second-order valence-electron chi connectivity index (χ2n) is 19.5. The molecule has 0 aromatic carbocycles. The van der Waals surface area contributed by atoms with Gasteiger partial charge in [-0.2, -0.15) is 0 Å². The van der Waals surface area contributed by atoms with Crippen LogP contribution in [0.25, 0.3) is 0 Å². The van der Waals surface area contributed by atoms with Crippen molar-refractivity contribution in [3.63, 3.8) is 0 Å². The number of carbonyl (C=O) groups is 1. The third-order valence-corrected chi connectivity index (χ3v) is 13.4. The highest BCUT2D eigenvalue weighted by molar-refractivity contribution is 5.76. The standard InChI is InChI=1S/C56H111NO4/c1-3-5-7-9-11-13-15-17-19-21-23-25-27-29-30-32-34-36-38-40-42-44-46-48-50-54(59)56(61)53(52-58)57-55(60)51-49-47-45-43-41-39-37-35-33-31-28-26-24-22-20-18-16-14-12-10-8-6-4-2/h42,44,53-54,56,58-59,61H,3-41,43,45-52H2,1-2H3,(H,57,60)/b44-42+. The fraction of sp³-hybridized carbons (Fsp3) is 0.946. The van der Waals surface area contributed by atoms with E-state index in [1.54, 1.807) is 0 Å². The zero-order chi connectivity index (χ0) is 44.4. The lowest BCUT2D eigenvalue weighted by molar-refractivity contribution is -0.124. The summed E-state index contributed by atoms with van der Waals surface area (Å²) in [6, 6.07) is -0.822. The van der Waals surface area contributed by atoms with Gasteiger partial charge in [-0.05, 0) is 38.5 Å². The molecule has 0 heterocycles. The Morgan fingerprint density at radius 3 is 0.951 bits per heavy atom. The molecule has 3 atom stereocenters. The third-order valence-electron chi connectivity index (χ3n) is 13.4. The van der Waals surface area contributed by atoms with E-state index < -0.39 is 18.2 Å². The van der Waals surface area contributed by atoms with E-state index in [9.17, 15) is 20.1 Å². The highest BCUT2D eigenvalue weighted by atomic mass is 16.3. The first-order valence-electron chi connectivity index (χ1n) is 28.0. The largest absolute Gasteiger partial charge is 0.394 e. The summed E-state index contributed by atoms with van der Waals surface area (Å²) in [5.74, 6) is -0.147. The number of unbranched alkanes of at least 4 members (excludes halogenated alkanes) is 42. The molecule has 364 valence electrons. The van der Waals surface area contributed by atoms with Crippen LogP contribution in [0.4, 0.5) is 0 Å². The van der Waals surface area contributed by atoms with Crippen molar-refractivity contribution in [2.45, 2.75) is 334 Å². The normalized spacial score (nSPS) is 13.3. The van der Waals surface area contributed by atoms with Gasteiger partial charge >= 0.3 is 0 Å². The molecule has 61 heavy (non-hydrogen) atoms. The predicted molar refractivity (Wildman–Crippen MR) is 269 cm³/mol. The summed E-state index contributed by atoms with van der Waals surface area (Å²) in [6.45, 7) is 4.21. The fourth-order valence-electron chi connectivity index (χ4n) is 9.05. The first kappa shape index (κ1) is 60.1. The minimum atomic E-state index is -1.16. The van der Waals surface area contributed by atoms with Crippen LogP contribution < -0.4 is 5.32 Å². The Balaban J connectivity index is 3.54. The van der Waals surface area contributed by atoms with Crippen LogP contribution in [0.15, 0.2) is 12.2 Å². The average molecular weight is 863 g/mol. The summed E-state index contributed by atoms with van der Waals surface area (Å²) >= 11 is 0. The van der Waals surface area contributed by atoms with Crippen LogP contribution in [-0.4, -0.2) is 46.1 Å². The lowest BCUT2D eigenvalue weighted by atomic mass is 10.0. The maximum atomic E-state index is 12.5. The van der Waals surface area contributed by atoms with E-state index in [1.807, 2.05) is 0 Å². The molecule has 0 aromatic rings. The van der Waals surface area contributed by atoms with Crippen molar-refractivity contribution >= 4 is 5.91 Å². The number of nitrogens with one attached hydrogen (secondary N) is 1. The van der Waals surface area contributed by atoms with E-state index in [0.29, 0.717) is 12.8 Å². The van der Waals surface area contributed by atoms with Gasteiger partial charge in [0.1, 0.15) is 6.10 Å². The van der Waals surface area contributed by atoms with Gasteiger partial charge in [-0.1, -0.05) is 283 Å². The molecule has 0 fully saturated rings. The summed E-state index contributed by atoms with van der Waals surface area (Å²) in [4.78, 5) is 12.5. The van der Waals surface area contributed by atoms with E-state index >= 15 is 0 Å². The molecule has 0 aliphatic carbocycles. The number of aliphatic hydroxyl groups excluding tert-OH is 3. The van der Waals surface area contributed by atoms with E-state index in [0.717, 1.165) is 38.5 Å². The van der Waals surface area contributed by atoms with E-state index in [1.165, 1.54) is 250 Å². The second-order valence-corrected chi connectivity index (χ2v) is 19.5. The number of hydrogen-bond donors (Lipinski definition) is 4. The molecule has 1 amide bonds. The summed E-state index contributed by atoms with van der Waals surface area (Å²) < 4.78 is 0. The van der Waals surface area contributed by atoms with Crippen LogP contribution in [0.5, 0.6) is 0 Å². The van der Waals surface area contributed by atoms with E-state index in [-0.39, 0.29) is 12.5 Å². The first-order valence-corrected chi connectivity index (χ1v) is 28.0. The maximum Gasteiger partial charge on any atom is 0.220 e. The average Bonchev–Trinajstić information content (AvgIpc) is 3.26. The van der Waals surface area contributed by atoms with Gasteiger partial charge < -0.3 is 20.6 Å². The molecule has 4 N–H and O–H groups in total. The van der Waals surface area contributed by atoms with E-state index in [4.69, 9.17) is 0 Å². The smallest absolute Gasteiger partial charge is 0.220 e. The van der Waals surface area contributed by atoms with Crippen LogP contribution >= 0.6 is 0 Å². The van der Waals surface area contributed by atoms with Crippen molar-refractivity contribution in [3.8, 4) is 0 Å². The van der Waals surface area contributed by atoms with Gasteiger partial charge in [-0.15, -0.1) is 0 Å². The minimum absolute atomic E-state index is 0.147. The Bertz CT molecular complexity index is 864. The summed E-state index contributed by atoms with van der Waals surface area (Å²) in [6.07, 6.45) is 63.7. The number of rotatable bonds is 52. The lowest BCUT2D eigenvalue weighted by Crippen LogP contribution is -2.50. The quantitative estimate of drug-likeness (QED) is 0.0362. The molecule has 0 radical (unpaired) electrons. The first-order chi connectivity index (χ1) is 30.1. The summed E-state index contributed by atoms with van der Waals surface area (Å²) in [5.41, 5.74) is 0. The Kier molecular flexibility index (Phi) is 51.0. The Labute approximate surface area is 382 Å². The van der Waals surface area contributed by atoms with Crippen LogP contribution in [0.2, 0.25) is 0 Å². The SMILES string of the molecule is CCCCCCCCCCCCCCCCCCCCC/C=C/CCCC(O)C(O)C(CO)NC(=O)CCCCCCCCCCCCCCCCCCCCCCCCC. The predicted octanol–water partition coefficient (Wildman–Crippen LogP) is 17.1. The number of amides is 1. The molecule has 0 spiro atoms. The van der Waals surface area contributed by atoms with Gasteiger partial charge in [0.15, 0.2) is 0 Å². The monoisotopic (exact) mass is 862 g/mol. The molecular weight excluding hydrogens is 751 g/mol. The highest BCUT2D eigenvalue weighted by Crippen LogP contribution is 2.18. The molecule has 3 unspecified atom stereocenters. The van der Waals surface area contributed by atoms with Crippen molar-refractivity contribution in [2.75, 3.05) is 6.61 Å². The molecule has 5 nitrogen and oxygen atoms in total. The molecular formula is C56H111NO4. The summed E-state index contributed by atoms with van der Waals surface area (Å²) in [5, 5.41) is 33.7. The molecule has 0 bridgehead atoms. The van der Waals surface area contributed by atoms with Crippen molar-refractivity contribution in [1.82, 2.24) is 5.32 Å². The molecule has 0 saturated heterocycles. The zero-order valence-electron chi connectivity index (χ0n) is 41.6. The van der Waals surface area contributed by atoms with Crippen molar-refractivity contribution < 1.29 is 20.1 Å². The van der Waals surface area contributed by atoms with Crippen molar-refractivity contribution in [2.24, 2.45) is 0 Å². The van der Waals surface area contributed by atoms with Gasteiger partial charge in [-0.3, -0.25) is 4.79 Å². The Morgan fingerprint density at radius 2 is 0.656 bits per heavy atom. The Morgan fingerprint density at radius 1 is 0.393 bits per heavy atom. The number of hydrogen-bond acceptors (Lipinski definition) is 4. The maximum absolute atomic E-state index is 12.5. The van der Waals surface area contributed by atoms with Gasteiger partial charge in [0.2, 0.25) is 5.91 Å². The summed E-state index contributed by atoms with van der Waals surface area (Å²) in [7, 11) is 0. The van der Waals surface area contributed by atoms with E-state index in [2.05, 4.69) is 31.3 Å². The zero-order valence-corrected chi connectivity index (χ0v) is 41.6. The molecule has 0 aromatic heterocycles. The third kappa shape index (κ3) is 46.9.